The largest absolute Gasteiger partial charge is 0.467 e. The summed E-state index contributed by atoms with van der Waals surface area (Å²) in [5.41, 5.74) is 2.61. The van der Waals surface area contributed by atoms with Crippen LogP contribution in [-0.2, 0) is 22.5 Å². The van der Waals surface area contributed by atoms with E-state index in [1.54, 1.807) is 29.2 Å². The van der Waals surface area contributed by atoms with E-state index in [9.17, 15) is 14.4 Å². The first kappa shape index (κ1) is 29.8. The van der Waals surface area contributed by atoms with E-state index >= 15 is 0 Å². The van der Waals surface area contributed by atoms with Crippen LogP contribution in [0, 0.1) is 11.3 Å². The first-order valence-corrected chi connectivity index (χ1v) is 13.9. The normalized spacial score (nSPS) is 13.9. The molecule has 1 fully saturated rings. The Balaban J connectivity index is 1.18. The lowest BCUT2D eigenvalue weighted by Gasteiger charge is -2.34. The number of nitrogens with zero attached hydrogens (tertiary/aromatic N) is 7. The van der Waals surface area contributed by atoms with E-state index in [2.05, 4.69) is 46.5 Å². The van der Waals surface area contributed by atoms with Crippen molar-refractivity contribution in [2.24, 2.45) is 0 Å². The molecule has 1 aliphatic heterocycles. The van der Waals surface area contributed by atoms with E-state index in [0.717, 1.165) is 16.8 Å². The molecule has 4 aromatic rings. The van der Waals surface area contributed by atoms with Crippen LogP contribution in [0.1, 0.15) is 27.2 Å². The third-order valence-corrected chi connectivity index (χ3v) is 7.04. The van der Waals surface area contributed by atoms with E-state index in [1.165, 1.54) is 25.8 Å². The highest BCUT2D eigenvalue weighted by Crippen LogP contribution is 2.18. The number of nitriles is 1. The summed E-state index contributed by atoms with van der Waals surface area (Å²) in [6, 6.07) is 16.1. The topological polar surface area (TPSA) is 182 Å². The molecule has 1 aliphatic rings. The zero-order chi connectivity index (χ0) is 30.9. The number of amides is 1. The number of H-pyrrole nitrogens is 1. The van der Waals surface area contributed by atoms with Crippen LogP contribution in [0.15, 0.2) is 72.0 Å². The van der Waals surface area contributed by atoms with Gasteiger partial charge in [-0.1, -0.05) is 24.3 Å². The summed E-state index contributed by atoms with van der Waals surface area (Å²) in [6.07, 6.45) is 4.45. The molecule has 0 saturated carbocycles. The van der Waals surface area contributed by atoms with Crippen molar-refractivity contribution >= 4 is 29.5 Å². The Morgan fingerprint density at radius 2 is 1.82 bits per heavy atom. The van der Waals surface area contributed by atoms with Crippen molar-refractivity contribution in [2.75, 3.05) is 43.9 Å². The quantitative estimate of drug-likeness (QED) is 0.226. The molecule has 44 heavy (non-hydrogen) atoms. The number of esters is 1. The lowest BCUT2D eigenvalue weighted by Crippen LogP contribution is -2.49. The average molecular weight is 595 g/mol. The van der Waals surface area contributed by atoms with Gasteiger partial charge in [0.15, 0.2) is 5.69 Å². The molecule has 5 rings (SSSR count). The number of benzene rings is 2. The van der Waals surface area contributed by atoms with E-state index in [4.69, 9.17) is 10.00 Å². The molecule has 1 saturated heterocycles. The molecule has 1 atom stereocenters. The van der Waals surface area contributed by atoms with Crippen LogP contribution in [0.4, 0.5) is 17.6 Å². The summed E-state index contributed by atoms with van der Waals surface area (Å²) in [5, 5.41) is 15.2. The molecule has 1 amide bonds. The first-order chi connectivity index (χ1) is 21.4. The zero-order valence-corrected chi connectivity index (χ0v) is 23.9. The number of aromatic nitrogens is 5. The number of carbonyl (C=O) groups excluding carboxylic acids is 2. The van der Waals surface area contributed by atoms with Crippen LogP contribution < -0.4 is 16.2 Å². The molecule has 224 valence electrons. The Hall–Kier alpha value is -5.68. The van der Waals surface area contributed by atoms with Crippen LogP contribution in [-0.4, -0.2) is 85.9 Å². The predicted octanol–water partition coefficient (Wildman–Crippen LogP) is 1.72. The maximum Gasteiger partial charge on any atom is 0.328 e. The van der Waals surface area contributed by atoms with Crippen LogP contribution in [0.2, 0.25) is 0 Å². The lowest BCUT2D eigenvalue weighted by atomic mass is 10.0. The smallest absolute Gasteiger partial charge is 0.328 e. The second-order valence-electron chi connectivity index (χ2n) is 10.0. The van der Waals surface area contributed by atoms with Gasteiger partial charge in [-0.3, -0.25) is 14.5 Å². The Bertz CT molecular complexity index is 1710. The van der Waals surface area contributed by atoms with Gasteiger partial charge in [-0.2, -0.15) is 10.2 Å². The van der Waals surface area contributed by atoms with Crippen molar-refractivity contribution in [1.29, 1.82) is 5.26 Å². The summed E-state index contributed by atoms with van der Waals surface area (Å²) >= 11 is 0. The maximum absolute atomic E-state index is 12.7. The minimum Gasteiger partial charge on any atom is -0.467 e. The Morgan fingerprint density at radius 3 is 2.55 bits per heavy atom. The molecule has 14 heteroatoms. The van der Waals surface area contributed by atoms with Gasteiger partial charge in [0.1, 0.15) is 12.4 Å². The fraction of sp³-hybridized carbons (Fsp3) is 0.267. The van der Waals surface area contributed by atoms with Crippen LogP contribution >= 0.6 is 0 Å². The molecular weight excluding hydrogens is 564 g/mol. The summed E-state index contributed by atoms with van der Waals surface area (Å²) in [6.45, 7) is 2.96. The average Bonchev–Trinajstić information content (AvgIpc) is 3.05. The molecule has 3 heterocycles. The highest BCUT2D eigenvalue weighted by molar-refractivity contribution is 5.92. The number of rotatable bonds is 10. The molecule has 3 N–H and O–H groups in total. The number of hydrogen-bond acceptors (Lipinski definition) is 12. The van der Waals surface area contributed by atoms with Gasteiger partial charge >= 0.3 is 5.97 Å². The van der Waals surface area contributed by atoms with Gasteiger partial charge in [-0.15, -0.1) is 0 Å². The number of piperazine rings is 1. The molecule has 0 bridgehead atoms. The first-order valence-electron chi connectivity index (χ1n) is 13.9. The number of ether oxygens (including phenoxy) is 1. The van der Waals surface area contributed by atoms with E-state index in [1.807, 2.05) is 24.3 Å². The summed E-state index contributed by atoms with van der Waals surface area (Å²) in [5.74, 6) is -0.357. The minimum atomic E-state index is -0.757. The van der Waals surface area contributed by atoms with Crippen molar-refractivity contribution < 1.29 is 14.3 Å². The molecule has 2 aromatic carbocycles. The number of carbonyl (C=O) groups is 2. The molecule has 0 aliphatic carbocycles. The Kier molecular flexibility index (Phi) is 9.48. The van der Waals surface area contributed by atoms with Gasteiger partial charge in [-0.05, 0) is 35.4 Å². The third kappa shape index (κ3) is 7.58. The van der Waals surface area contributed by atoms with Crippen LogP contribution in [0.5, 0.6) is 0 Å². The van der Waals surface area contributed by atoms with E-state index in [0.29, 0.717) is 50.7 Å². The molecular formula is C30H30N10O4. The number of nitrogens with one attached hydrogen (secondary N) is 3. The summed E-state index contributed by atoms with van der Waals surface area (Å²) in [4.78, 5) is 60.2. The molecule has 0 unspecified atom stereocenters. The molecule has 2 aromatic heterocycles. The van der Waals surface area contributed by atoms with E-state index < -0.39 is 17.6 Å². The zero-order valence-electron chi connectivity index (χ0n) is 23.9. The number of methoxy groups -OCH3 is 1. The fourth-order valence-corrected chi connectivity index (χ4v) is 4.77. The standard InChI is InChI=1S/C30H30N10O4/c1-44-28(43)24(16-20-5-7-21(17-31)8-6-20)37-30-35-19-34-29(38-30)36-23-4-2-3-22(15-23)18-39-11-13-40(14-12-39)27(42)25-26(41)33-10-9-32-25/h2-10,15,19,24H,11-14,16,18H2,1H3,(H,33,41)(H2,34,35,36,37,38)/t24-/m0/s1. The van der Waals surface area contributed by atoms with E-state index in [-0.39, 0.29) is 17.5 Å². The van der Waals surface area contributed by atoms with Gasteiger partial charge in [0.05, 0.1) is 18.7 Å². The third-order valence-electron chi connectivity index (χ3n) is 7.04. The number of anilines is 3. The monoisotopic (exact) mass is 594 g/mol. The van der Waals surface area contributed by atoms with Gasteiger partial charge < -0.3 is 25.3 Å². The van der Waals surface area contributed by atoms with Crippen LogP contribution in [0.3, 0.4) is 0 Å². The van der Waals surface area contributed by atoms with Gasteiger partial charge in [0, 0.05) is 57.2 Å². The Labute approximate surface area is 252 Å². The molecule has 0 spiro atoms. The molecule has 0 radical (unpaired) electrons. The Morgan fingerprint density at radius 1 is 1.05 bits per heavy atom. The van der Waals surface area contributed by atoms with Crippen molar-refractivity contribution in [2.45, 2.75) is 19.0 Å². The van der Waals surface area contributed by atoms with Crippen molar-refractivity contribution in [3.63, 3.8) is 0 Å². The highest BCUT2D eigenvalue weighted by Gasteiger charge is 2.25. The van der Waals surface area contributed by atoms with Crippen molar-refractivity contribution in [1.82, 2.24) is 34.7 Å². The molecule has 14 nitrogen and oxygen atoms in total. The van der Waals surface area contributed by atoms with Crippen molar-refractivity contribution in [3.8, 4) is 6.07 Å². The second-order valence-corrected chi connectivity index (χ2v) is 10.0. The predicted molar refractivity (Wildman–Crippen MR) is 160 cm³/mol. The van der Waals surface area contributed by atoms with Crippen LogP contribution in [0.25, 0.3) is 0 Å². The van der Waals surface area contributed by atoms with Gasteiger partial charge in [-0.25, -0.2) is 19.7 Å². The second kappa shape index (κ2) is 14.0. The SMILES string of the molecule is COC(=O)[C@H](Cc1ccc(C#N)cc1)Nc1ncnc(Nc2cccc(CN3CCN(C(=O)c4ncc[nH]c4=O)CC3)c2)n1. The van der Waals surface area contributed by atoms with Crippen molar-refractivity contribution in [3.05, 3.63) is 100.0 Å². The number of hydrogen-bond donors (Lipinski definition) is 3. The lowest BCUT2D eigenvalue weighted by molar-refractivity contribution is -0.141. The number of aromatic amines is 1. The minimum absolute atomic E-state index is 0.0939. The maximum atomic E-state index is 12.7. The highest BCUT2D eigenvalue weighted by atomic mass is 16.5. The van der Waals surface area contributed by atoms with Gasteiger partial charge in [0.25, 0.3) is 11.5 Å². The van der Waals surface area contributed by atoms with Gasteiger partial charge in [0.2, 0.25) is 11.9 Å². The summed E-state index contributed by atoms with van der Waals surface area (Å²) in [7, 11) is 1.31. The fourth-order valence-electron chi connectivity index (χ4n) is 4.77. The summed E-state index contributed by atoms with van der Waals surface area (Å²) < 4.78 is 4.97.